The van der Waals surface area contributed by atoms with Gasteiger partial charge in [-0.2, -0.15) is 0 Å². The predicted octanol–water partition coefficient (Wildman–Crippen LogP) is 4.51. The average molecular weight is 445 g/mol. The first kappa shape index (κ1) is 21.3. The van der Waals surface area contributed by atoms with Crippen molar-refractivity contribution in [2.75, 3.05) is 7.11 Å². The summed E-state index contributed by atoms with van der Waals surface area (Å²) in [6, 6.07) is 19.5. The zero-order valence-corrected chi connectivity index (χ0v) is 18.7. The molecule has 1 N–H and O–H groups in total. The quantitative estimate of drug-likeness (QED) is 0.527. The van der Waals surface area contributed by atoms with Crippen LogP contribution in [0, 0.1) is 5.92 Å². The van der Waals surface area contributed by atoms with Gasteiger partial charge in [-0.1, -0.05) is 30.3 Å². The maximum Gasteiger partial charge on any atom is 0.251 e. The molecule has 0 saturated heterocycles. The molecule has 2 aliphatic rings. The van der Waals surface area contributed by atoms with Crippen LogP contribution in [0.3, 0.4) is 0 Å². The van der Waals surface area contributed by atoms with Crippen molar-refractivity contribution in [3.63, 3.8) is 0 Å². The summed E-state index contributed by atoms with van der Waals surface area (Å²) >= 11 is 0. The molecular weight excluding hydrogens is 416 g/mol. The van der Waals surface area contributed by atoms with Gasteiger partial charge in [0.2, 0.25) is 5.91 Å². The lowest BCUT2D eigenvalue weighted by atomic mass is 10.1. The van der Waals surface area contributed by atoms with Gasteiger partial charge in [0.25, 0.3) is 5.91 Å². The Balaban J connectivity index is 1.30. The lowest BCUT2D eigenvalue weighted by Gasteiger charge is -2.22. The molecule has 2 aliphatic carbocycles. The van der Waals surface area contributed by atoms with Crippen molar-refractivity contribution >= 4 is 11.8 Å². The summed E-state index contributed by atoms with van der Waals surface area (Å²) in [5, 5.41) is 3.01. The molecular formula is C27H28N2O4. The van der Waals surface area contributed by atoms with E-state index in [9.17, 15) is 9.59 Å². The van der Waals surface area contributed by atoms with E-state index in [4.69, 9.17) is 9.15 Å². The number of carbonyl (C=O) groups excluding carboxylic acids is 2. The number of para-hydroxylation sites is 1. The van der Waals surface area contributed by atoms with E-state index in [1.54, 1.807) is 13.4 Å². The van der Waals surface area contributed by atoms with Crippen molar-refractivity contribution in [2.45, 2.75) is 44.3 Å². The van der Waals surface area contributed by atoms with Gasteiger partial charge in [0.1, 0.15) is 11.5 Å². The van der Waals surface area contributed by atoms with Crippen LogP contribution in [0.1, 0.15) is 52.4 Å². The van der Waals surface area contributed by atoms with E-state index in [0.29, 0.717) is 24.7 Å². The van der Waals surface area contributed by atoms with E-state index in [0.717, 1.165) is 41.9 Å². The van der Waals surface area contributed by atoms with Crippen LogP contribution in [-0.2, 0) is 17.9 Å². The molecule has 6 heteroatoms. The number of rotatable bonds is 9. The van der Waals surface area contributed by atoms with Crippen LogP contribution in [-0.4, -0.2) is 29.9 Å². The number of furan rings is 1. The van der Waals surface area contributed by atoms with Crippen LogP contribution in [0.15, 0.2) is 71.3 Å². The molecule has 1 heterocycles. The summed E-state index contributed by atoms with van der Waals surface area (Å²) in [6.07, 6.45) is 4.56. The van der Waals surface area contributed by atoms with Crippen LogP contribution >= 0.6 is 0 Å². The van der Waals surface area contributed by atoms with E-state index < -0.39 is 0 Å². The Labute approximate surface area is 193 Å². The number of amides is 2. The van der Waals surface area contributed by atoms with Gasteiger partial charge in [-0.15, -0.1) is 0 Å². The molecule has 0 spiro atoms. The first-order valence-corrected chi connectivity index (χ1v) is 11.5. The number of methoxy groups -OCH3 is 1. The van der Waals surface area contributed by atoms with E-state index in [1.165, 1.54) is 0 Å². The van der Waals surface area contributed by atoms with Gasteiger partial charge >= 0.3 is 0 Å². The van der Waals surface area contributed by atoms with E-state index >= 15 is 0 Å². The van der Waals surface area contributed by atoms with Gasteiger partial charge in [0.15, 0.2) is 0 Å². The molecule has 2 amide bonds. The lowest BCUT2D eigenvalue weighted by Crippen LogP contribution is -2.31. The summed E-state index contributed by atoms with van der Waals surface area (Å²) in [5.74, 6) is 1.75. The van der Waals surface area contributed by atoms with Crippen molar-refractivity contribution in [2.24, 2.45) is 5.92 Å². The topological polar surface area (TPSA) is 71.8 Å². The van der Waals surface area contributed by atoms with Gasteiger partial charge < -0.3 is 19.4 Å². The highest BCUT2D eigenvalue weighted by molar-refractivity contribution is 5.94. The molecule has 0 radical (unpaired) electrons. The summed E-state index contributed by atoms with van der Waals surface area (Å²) in [5.41, 5.74) is 2.71. The summed E-state index contributed by atoms with van der Waals surface area (Å²) in [4.78, 5) is 27.6. The van der Waals surface area contributed by atoms with E-state index in [2.05, 4.69) is 5.32 Å². The maximum absolute atomic E-state index is 13.5. The van der Waals surface area contributed by atoms with Crippen LogP contribution in [0.2, 0.25) is 0 Å². The van der Waals surface area contributed by atoms with Gasteiger partial charge in [-0.05, 0) is 66.6 Å². The van der Waals surface area contributed by atoms with Crippen LogP contribution in [0.5, 0.6) is 5.75 Å². The second kappa shape index (κ2) is 9.14. The van der Waals surface area contributed by atoms with Crippen molar-refractivity contribution in [3.8, 4) is 5.75 Å². The first-order chi connectivity index (χ1) is 16.1. The Morgan fingerprint density at radius 1 is 1.03 bits per heavy atom. The molecule has 6 nitrogen and oxygen atoms in total. The highest BCUT2D eigenvalue weighted by atomic mass is 16.5. The Morgan fingerprint density at radius 2 is 1.82 bits per heavy atom. The molecule has 170 valence electrons. The maximum atomic E-state index is 13.5. The van der Waals surface area contributed by atoms with Crippen molar-refractivity contribution < 1.29 is 18.7 Å². The molecule has 2 fully saturated rings. The molecule has 0 aliphatic heterocycles. The van der Waals surface area contributed by atoms with Crippen LogP contribution < -0.4 is 10.1 Å². The molecule has 3 aromatic rings. The Hall–Kier alpha value is -3.54. The summed E-state index contributed by atoms with van der Waals surface area (Å²) in [7, 11) is 1.66. The third-order valence-corrected chi connectivity index (χ3v) is 6.39. The molecule has 2 aromatic carbocycles. The zero-order chi connectivity index (χ0) is 22.8. The Kier molecular flexibility index (Phi) is 5.90. The fourth-order valence-electron chi connectivity index (χ4n) is 4.30. The lowest BCUT2D eigenvalue weighted by molar-refractivity contribution is -0.134. The Bertz CT molecular complexity index is 1120. The molecule has 0 bridgehead atoms. The predicted molar refractivity (Wildman–Crippen MR) is 124 cm³/mol. The number of hydrogen-bond donors (Lipinski definition) is 1. The molecule has 33 heavy (non-hydrogen) atoms. The standard InChI is InChI=1S/C27H28N2O4/c1-32-25-7-3-2-6-22(25)23-15-24(23)27(31)29(17-21-5-4-14-33-21)16-18-8-10-19(11-9-18)26(30)28-20-12-13-20/h2-11,14,20,23-24H,12-13,15-17H2,1H3,(H,28,30)/t23-,24+/m1/s1. The SMILES string of the molecule is COc1ccccc1[C@H]1C[C@@H]1C(=O)N(Cc1ccc(C(=O)NC2CC2)cc1)Cc1ccco1. The van der Waals surface area contributed by atoms with Crippen molar-refractivity contribution in [1.82, 2.24) is 10.2 Å². The second-order valence-electron chi connectivity index (χ2n) is 8.91. The summed E-state index contributed by atoms with van der Waals surface area (Å²) in [6.45, 7) is 0.865. The number of nitrogens with zero attached hydrogens (tertiary/aromatic N) is 1. The zero-order valence-electron chi connectivity index (χ0n) is 18.7. The van der Waals surface area contributed by atoms with Crippen LogP contribution in [0.4, 0.5) is 0 Å². The number of ether oxygens (including phenoxy) is 1. The van der Waals surface area contributed by atoms with Crippen molar-refractivity contribution in [3.05, 3.63) is 89.4 Å². The fourth-order valence-corrected chi connectivity index (χ4v) is 4.30. The van der Waals surface area contributed by atoms with Gasteiger partial charge in [-0.25, -0.2) is 0 Å². The van der Waals surface area contributed by atoms with Gasteiger partial charge in [0.05, 0.1) is 19.9 Å². The fraction of sp³-hybridized carbons (Fsp3) is 0.333. The smallest absolute Gasteiger partial charge is 0.251 e. The monoisotopic (exact) mass is 444 g/mol. The minimum absolute atomic E-state index is 0.0369. The third kappa shape index (κ3) is 4.95. The average Bonchev–Trinajstić information content (AvgIpc) is 3.77. The summed E-state index contributed by atoms with van der Waals surface area (Å²) < 4.78 is 11.0. The van der Waals surface area contributed by atoms with Gasteiger partial charge in [-0.3, -0.25) is 9.59 Å². The molecule has 2 saturated carbocycles. The minimum atomic E-state index is -0.0696. The Morgan fingerprint density at radius 3 is 2.52 bits per heavy atom. The van der Waals surface area contributed by atoms with E-state index in [-0.39, 0.29) is 23.7 Å². The number of carbonyl (C=O) groups is 2. The number of hydrogen-bond acceptors (Lipinski definition) is 4. The minimum Gasteiger partial charge on any atom is -0.496 e. The first-order valence-electron chi connectivity index (χ1n) is 11.5. The second-order valence-corrected chi connectivity index (χ2v) is 8.91. The molecule has 5 rings (SSSR count). The van der Waals surface area contributed by atoms with Crippen LogP contribution in [0.25, 0.3) is 0 Å². The van der Waals surface area contributed by atoms with Gasteiger partial charge in [0, 0.05) is 24.1 Å². The van der Waals surface area contributed by atoms with E-state index in [1.807, 2.05) is 65.6 Å². The number of nitrogens with one attached hydrogen (secondary N) is 1. The number of benzene rings is 2. The molecule has 0 unspecified atom stereocenters. The highest BCUT2D eigenvalue weighted by Crippen LogP contribution is 2.51. The third-order valence-electron chi connectivity index (χ3n) is 6.39. The molecule has 1 aromatic heterocycles. The van der Waals surface area contributed by atoms with Crippen molar-refractivity contribution in [1.29, 1.82) is 0 Å². The molecule has 2 atom stereocenters. The normalized spacial score (nSPS) is 19.1. The largest absolute Gasteiger partial charge is 0.496 e. The highest BCUT2D eigenvalue weighted by Gasteiger charge is 2.47.